The van der Waals surface area contributed by atoms with Crippen molar-refractivity contribution in [2.75, 3.05) is 9.80 Å². The Morgan fingerprint density at radius 2 is 0.534 bits per heavy atom. The first-order valence-electron chi connectivity index (χ1n) is 20.5. The smallest absolute Gasteiger partial charge is 0.0620 e. The maximum Gasteiger partial charge on any atom is 0.0620 e. The molecule has 0 aliphatic rings. The SMILES string of the molecule is CC(C)(C)c1ccc(N(c2ccc(Br)cc2)c2c3ccc(C(C)(C)C)cc3c(N(c3ccc(Br)cc3)c3ccc(C(C)(C)C)cc3)c3ccc(C(C)(C)C)cc23)cc1. The van der Waals surface area contributed by atoms with Gasteiger partial charge in [0, 0.05) is 53.2 Å². The molecule has 58 heavy (non-hydrogen) atoms. The predicted octanol–water partition coefficient (Wildman–Crippen LogP) is 17.6. The standard InChI is InChI=1S/C54H58Br2N2/c1-51(2,3)35-13-23-41(24-14-35)57(43-27-19-39(55)20-28-43)49-45-31-17-38(54(10,11)12)34-48(45)50(46-32-18-37(33-47(46)49)53(7,8)9)58(44-29-21-40(56)22-30-44)42-25-15-36(16-26-42)52(4,5)6/h13-34H,1-12H3. The molecule has 0 N–H and O–H groups in total. The van der Waals surface area contributed by atoms with Crippen LogP contribution in [0.1, 0.15) is 105 Å². The van der Waals surface area contributed by atoms with Crippen LogP contribution >= 0.6 is 31.9 Å². The Balaban J connectivity index is 1.68. The van der Waals surface area contributed by atoms with Crippen molar-refractivity contribution in [1.29, 1.82) is 0 Å². The predicted molar refractivity (Wildman–Crippen MR) is 261 cm³/mol. The maximum atomic E-state index is 3.74. The number of benzene rings is 7. The molecule has 0 bridgehead atoms. The van der Waals surface area contributed by atoms with Crippen LogP contribution in [0.2, 0.25) is 0 Å². The molecule has 0 aliphatic carbocycles. The Bertz CT molecular complexity index is 2390. The van der Waals surface area contributed by atoms with Crippen LogP contribution in [0.25, 0.3) is 21.5 Å². The second kappa shape index (κ2) is 15.3. The van der Waals surface area contributed by atoms with Gasteiger partial charge in [0.2, 0.25) is 0 Å². The molecule has 298 valence electrons. The van der Waals surface area contributed by atoms with E-state index >= 15 is 0 Å². The van der Waals surface area contributed by atoms with E-state index in [-0.39, 0.29) is 21.7 Å². The summed E-state index contributed by atoms with van der Waals surface area (Å²) in [5, 5.41) is 4.79. The van der Waals surface area contributed by atoms with Gasteiger partial charge in [0.15, 0.2) is 0 Å². The molecule has 0 aromatic heterocycles. The fraction of sp³-hybridized carbons (Fsp3) is 0.296. The average molecular weight is 895 g/mol. The van der Waals surface area contributed by atoms with Crippen molar-refractivity contribution in [3.05, 3.63) is 165 Å². The summed E-state index contributed by atoms with van der Waals surface area (Å²) < 4.78 is 2.11. The van der Waals surface area contributed by atoms with E-state index in [1.54, 1.807) is 0 Å². The molecule has 4 heteroatoms. The Labute approximate surface area is 364 Å². The lowest BCUT2D eigenvalue weighted by Crippen LogP contribution is -2.17. The number of halogens is 2. The first-order valence-corrected chi connectivity index (χ1v) is 22.1. The highest BCUT2D eigenvalue weighted by Gasteiger charge is 2.29. The van der Waals surface area contributed by atoms with Gasteiger partial charge in [-0.1, -0.05) is 163 Å². The van der Waals surface area contributed by atoms with Crippen LogP contribution in [-0.2, 0) is 21.7 Å². The lowest BCUT2D eigenvalue weighted by Gasteiger charge is -2.34. The minimum absolute atomic E-state index is 0.0363. The molecule has 0 saturated carbocycles. The fourth-order valence-corrected chi connectivity index (χ4v) is 8.34. The third-order valence-electron chi connectivity index (χ3n) is 11.4. The van der Waals surface area contributed by atoms with Crippen molar-refractivity contribution in [1.82, 2.24) is 0 Å². The third kappa shape index (κ3) is 8.38. The van der Waals surface area contributed by atoms with Gasteiger partial charge in [-0.05, 0) is 129 Å². The monoisotopic (exact) mass is 892 g/mol. The molecule has 0 aliphatic heterocycles. The highest BCUT2D eigenvalue weighted by atomic mass is 79.9. The number of rotatable bonds is 6. The van der Waals surface area contributed by atoms with E-state index in [2.05, 4.69) is 258 Å². The molecule has 7 aromatic carbocycles. The Kier molecular flexibility index (Phi) is 11.0. The van der Waals surface area contributed by atoms with Gasteiger partial charge in [0.05, 0.1) is 11.4 Å². The zero-order chi connectivity index (χ0) is 41.9. The minimum Gasteiger partial charge on any atom is -0.309 e. The van der Waals surface area contributed by atoms with Gasteiger partial charge >= 0.3 is 0 Å². The largest absolute Gasteiger partial charge is 0.309 e. The zero-order valence-corrected chi connectivity index (χ0v) is 39.5. The van der Waals surface area contributed by atoms with Crippen LogP contribution in [0.4, 0.5) is 34.1 Å². The molecule has 0 spiro atoms. The molecule has 0 saturated heterocycles. The number of hydrogen-bond acceptors (Lipinski definition) is 2. The van der Waals surface area contributed by atoms with Crippen molar-refractivity contribution in [3.63, 3.8) is 0 Å². The highest BCUT2D eigenvalue weighted by Crippen LogP contribution is 2.52. The van der Waals surface area contributed by atoms with Gasteiger partial charge < -0.3 is 9.80 Å². The number of hydrogen-bond donors (Lipinski definition) is 0. The maximum absolute atomic E-state index is 3.74. The number of anilines is 6. The zero-order valence-electron chi connectivity index (χ0n) is 36.4. The topological polar surface area (TPSA) is 6.48 Å². The van der Waals surface area contributed by atoms with Gasteiger partial charge in [0.1, 0.15) is 0 Å². The molecule has 7 rings (SSSR count). The van der Waals surface area contributed by atoms with Crippen molar-refractivity contribution < 1.29 is 0 Å². The van der Waals surface area contributed by atoms with E-state index in [9.17, 15) is 0 Å². The van der Waals surface area contributed by atoms with E-state index in [1.807, 2.05) is 0 Å². The molecule has 0 heterocycles. The first kappa shape index (κ1) is 41.8. The summed E-state index contributed by atoms with van der Waals surface area (Å²) in [4.78, 5) is 4.97. The van der Waals surface area contributed by atoms with Crippen LogP contribution < -0.4 is 9.80 Å². The fourth-order valence-electron chi connectivity index (χ4n) is 7.81. The van der Waals surface area contributed by atoms with E-state index < -0.39 is 0 Å². The second-order valence-electron chi connectivity index (χ2n) is 19.9. The van der Waals surface area contributed by atoms with Crippen molar-refractivity contribution >= 4 is 87.5 Å². The molecule has 0 fully saturated rings. The molecule has 0 unspecified atom stereocenters. The van der Waals surface area contributed by atoms with E-state index in [0.29, 0.717) is 0 Å². The first-order chi connectivity index (χ1) is 27.1. The van der Waals surface area contributed by atoms with E-state index in [1.165, 1.54) is 55.2 Å². The van der Waals surface area contributed by atoms with E-state index in [0.717, 1.165) is 31.7 Å². The molecule has 0 atom stereocenters. The van der Waals surface area contributed by atoms with Gasteiger partial charge in [0.25, 0.3) is 0 Å². The quantitative estimate of drug-likeness (QED) is 0.121. The van der Waals surface area contributed by atoms with E-state index in [4.69, 9.17) is 0 Å². The molecular weight excluding hydrogens is 836 g/mol. The number of nitrogens with zero attached hydrogens (tertiary/aromatic N) is 2. The highest BCUT2D eigenvalue weighted by molar-refractivity contribution is 9.10. The summed E-state index contributed by atoms with van der Waals surface area (Å²) in [6.07, 6.45) is 0. The molecule has 2 nitrogen and oxygen atoms in total. The summed E-state index contributed by atoms with van der Waals surface area (Å²) in [5.74, 6) is 0. The summed E-state index contributed by atoms with van der Waals surface area (Å²) in [5.41, 5.74) is 11.9. The lowest BCUT2D eigenvalue weighted by atomic mass is 9.82. The van der Waals surface area contributed by atoms with Gasteiger partial charge in [-0.25, -0.2) is 0 Å². The summed E-state index contributed by atoms with van der Waals surface area (Å²) in [6, 6.07) is 50.3. The van der Waals surface area contributed by atoms with Crippen molar-refractivity contribution in [3.8, 4) is 0 Å². The molecule has 0 radical (unpaired) electrons. The van der Waals surface area contributed by atoms with Crippen LogP contribution in [-0.4, -0.2) is 0 Å². The van der Waals surface area contributed by atoms with Gasteiger partial charge in [-0.2, -0.15) is 0 Å². The second-order valence-corrected chi connectivity index (χ2v) is 21.8. The molecule has 0 amide bonds. The van der Waals surface area contributed by atoms with Crippen LogP contribution in [0.3, 0.4) is 0 Å². The summed E-state index contributed by atoms with van der Waals surface area (Å²) in [7, 11) is 0. The van der Waals surface area contributed by atoms with Gasteiger partial charge in [-0.15, -0.1) is 0 Å². The third-order valence-corrected chi connectivity index (χ3v) is 12.4. The van der Waals surface area contributed by atoms with Crippen LogP contribution in [0.5, 0.6) is 0 Å². The Hall–Kier alpha value is -4.38. The molecular formula is C54H58Br2N2. The van der Waals surface area contributed by atoms with Gasteiger partial charge in [-0.3, -0.25) is 0 Å². The Morgan fingerprint density at radius 3 is 0.793 bits per heavy atom. The normalized spacial score (nSPS) is 12.7. The lowest BCUT2D eigenvalue weighted by molar-refractivity contribution is 0.590. The van der Waals surface area contributed by atoms with Crippen molar-refractivity contribution in [2.24, 2.45) is 0 Å². The number of fused-ring (bicyclic) bond motifs is 2. The molecule has 7 aromatic rings. The van der Waals surface area contributed by atoms with Crippen molar-refractivity contribution in [2.45, 2.75) is 105 Å². The summed E-state index contributed by atoms with van der Waals surface area (Å²) in [6.45, 7) is 27.6. The van der Waals surface area contributed by atoms with Crippen LogP contribution in [0.15, 0.2) is 142 Å². The minimum atomic E-state index is -0.0678. The van der Waals surface area contributed by atoms with Crippen LogP contribution in [0, 0.1) is 0 Å². The summed E-state index contributed by atoms with van der Waals surface area (Å²) >= 11 is 7.48. The average Bonchev–Trinajstić information content (AvgIpc) is 3.15. The Morgan fingerprint density at radius 1 is 0.293 bits per heavy atom.